The van der Waals surface area contributed by atoms with E-state index in [0.29, 0.717) is 12.4 Å². The Balaban J connectivity index is 1.23. The average molecular weight is 423 g/mol. The molecule has 2 saturated heterocycles. The summed E-state index contributed by atoms with van der Waals surface area (Å²) < 4.78 is 7.59. The van der Waals surface area contributed by atoms with Gasteiger partial charge in [-0.25, -0.2) is 9.98 Å². The van der Waals surface area contributed by atoms with E-state index in [-0.39, 0.29) is 24.0 Å². The van der Waals surface area contributed by atoms with Crippen LogP contribution in [0.25, 0.3) is 11.3 Å². The van der Waals surface area contributed by atoms with Crippen molar-refractivity contribution >= 4 is 5.96 Å². The number of hydrogen-bond donors (Lipinski definition) is 1. The largest absolute Gasteiger partial charge is 0.381 e. The molecular formula is C23H30N6O2. The maximum absolute atomic E-state index is 11.9. The number of aliphatic imine (C=N–C) groups is 1. The van der Waals surface area contributed by atoms with Gasteiger partial charge < -0.3 is 19.9 Å². The fourth-order valence-corrected chi connectivity index (χ4v) is 5.32. The van der Waals surface area contributed by atoms with Gasteiger partial charge in [0, 0.05) is 31.9 Å². The first-order chi connectivity index (χ1) is 15.2. The lowest BCUT2D eigenvalue weighted by Gasteiger charge is -2.35. The zero-order chi connectivity index (χ0) is 21.2. The molecule has 31 heavy (non-hydrogen) atoms. The summed E-state index contributed by atoms with van der Waals surface area (Å²) >= 11 is 0. The van der Waals surface area contributed by atoms with Crippen molar-refractivity contribution in [1.82, 2.24) is 14.5 Å². The second-order valence-electron chi connectivity index (χ2n) is 8.85. The molecule has 2 N–H and O–H groups in total. The molecule has 3 aliphatic heterocycles. The second-order valence-corrected chi connectivity index (χ2v) is 8.85. The van der Waals surface area contributed by atoms with E-state index < -0.39 is 0 Å². The Morgan fingerprint density at radius 2 is 1.97 bits per heavy atom. The van der Waals surface area contributed by atoms with Crippen molar-refractivity contribution in [3.8, 4) is 11.3 Å². The Morgan fingerprint density at radius 1 is 1.19 bits per heavy atom. The molecule has 0 bridgehead atoms. The van der Waals surface area contributed by atoms with Gasteiger partial charge >= 0.3 is 0 Å². The average Bonchev–Trinajstić information content (AvgIpc) is 3.40. The third kappa shape index (κ3) is 3.96. The molecule has 0 spiro atoms. The summed E-state index contributed by atoms with van der Waals surface area (Å²) in [5, 5.41) is 3.59. The van der Waals surface area contributed by atoms with Gasteiger partial charge in [-0.05, 0) is 43.6 Å². The fraction of sp³-hybridized carbons (Fsp3) is 0.565. The number of piperidine rings is 1. The van der Waals surface area contributed by atoms with E-state index in [2.05, 4.69) is 43.9 Å². The SMILES string of the molecule is NC(=NC1CCOCC1)N1CCC(C(CC2c3ccccc3-c3cncn32)N=O)CC1. The minimum Gasteiger partial charge on any atom is -0.381 e. The predicted molar refractivity (Wildman–Crippen MR) is 120 cm³/mol. The lowest BCUT2D eigenvalue weighted by Crippen LogP contribution is -2.45. The molecule has 4 heterocycles. The van der Waals surface area contributed by atoms with Crippen LogP contribution < -0.4 is 5.73 Å². The van der Waals surface area contributed by atoms with Gasteiger partial charge in [0.2, 0.25) is 0 Å². The molecule has 0 saturated carbocycles. The molecule has 2 aromatic rings. The van der Waals surface area contributed by atoms with Crippen LogP contribution >= 0.6 is 0 Å². The van der Waals surface area contributed by atoms with Gasteiger partial charge in [0.05, 0.1) is 36.3 Å². The maximum atomic E-state index is 11.9. The van der Waals surface area contributed by atoms with Gasteiger partial charge in [0.25, 0.3) is 0 Å². The Kier molecular flexibility index (Phi) is 5.72. The van der Waals surface area contributed by atoms with E-state index in [0.717, 1.165) is 57.7 Å². The van der Waals surface area contributed by atoms with E-state index in [9.17, 15) is 4.91 Å². The van der Waals surface area contributed by atoms with E-state index in [1.807, 2.05) is 12.5 Å². The van der Waals surface area contributed by atoms with E-state index in [1.54, 1.807) is 0 Å². The smallest absolute Gasteiger partial charge is 0.191 e. The molecule has 0 radical (unpaired) electrons. The number of likely N-dealkylation sites (tertiary alicyclic amines) is 1. The summed E-state index contributed by atoms with van der Waals surface area (Å²) in [5.41, 5.74) is 9.89. The highest BCUT2D eigenvalue weighted by atomic mass is 16.5. The number of aromatic nitrogens is 2. The zero-order valence-electron chi connectivity index (χ0n) is 17.8. The molecular weight excluding hydrogens is 392 g/mol. The molecule has 3 aliphatic rings. The highest BCUT2D eigenvalue weighted by Gasteiger charge is 2.35. The molecule has 0 amide bonds. The minimum absolute atomic E-state index is 0.120. The van der Waals surface area contributed by atoms with Crippen LogP contribution in [0, 0.1) is 10.8 Å². The normalized spacial score (nSPS) is 23.4. The lowest BCUT2D eigenvalue weighted by molar-refractivity contribution is 0.0866. The number of nitrogens with two attached hydrogens (primary N) is 1. The van der Waals surface area contributed by atoms with Crippen LogP contribution in [0.2, 0.25) is 0 Å². The number of guanidine groups is 1. The number of ether oxygens (including phenoxy) is 1. The number of imidazole rings is 1. The van der Waals surface area contributed by atoms with E-state index in [4.69, 9.17) is 15.5 Å². The predicted octanol–water partition coefficient (Wildman–Crippen LogP) is 3.18. The number of fused-ring (bicyclic) bond motifs is 3. The van der Waals surface area contributed by atoms with Crippen LogP contribution in [-0.2, 0) is 4.74 Å². The van der Waals surface area contributed by atoms with Crippen molar-refractivity contribution in [3.05, 3.63) is 47.3 Å². The molecule has 2 unspecified atom stereocenters. The van der Waals surface area contributed by atoms with Crippen molar-refractivity contribution in [1.29, 1.82) is 0 Å². The quantitative estimate of drug-likeness (QED) is 0.453. The van der Waals surface area contributed by atoms with Crippen LogP contribution in [0.15, 0.2) is 47.0 Å². The molecule has 8 heteroatoms. The Bertz CT molecular complexity index is 943. The second kappa shape index (κ2) is 8.78. The van der Waals surface area contributed by atoms with Crippen LogP contribution in [0.3, 0.4) is 0 Å². The first-order valence-electron chi connectivity index (χ1n) is 11.3. The highest BCUT2D eigenvalue weighted by Crippen LogP contribution is 2.42. The minimum atomic E-state index is -0.220. The Morgan fingerprint density at radius 3 is 2.74 bits per heavy atom. The number of benzene rings is 1. The molecule has 5 rings (SSSR count). The topological polar surface area (TPSA) is 98.1 Å². The summed E-state index contributed by atoms with van der Waals surface area (Å²) in [6, 6.07) is 8.57. The number of rotatable bonds is 5. The van der Waals surface area contributed by atoms with Crippen LogP contribution in [-0.4, -0.2) is 58.8 Å². The molecule has 2 atom stereocenters. The molecule has 1 aromatic heterocycles. The summed E-state index contributed by atoms with van der Waals surface area (Å²) in [6.07, 6.45) is 8.18. The monoisotopic (exact) mass is 422 g/mol. The van der Waals surface area contributed by atoms with Crippen molar-refractivity contribution in [2.75, 3.05) is 26.3 Å². The van der Waals surface area contributed by atoms with E-state index in [1.165, 1.54) is 11.1 Å². The van der Waals surface area contributed by atoms with Gasteiger partial charge in [-0.2, -0.15) is 4.91 Å². The fourth-order valence-electron chi connectivity index (χ4n) is 5.32. The third-order valence-corrected chi connectivity index (χ3v) is 7.11. The van der Waals surface area contributed by atoms with Gasteiger partial charge in [-0.1, -0.05) is 29.4 Å². The van der Waals surface area contributed by atoms with Crippen molar-refractivity contribution < 1.29 is 4.74 Å². The summed E-state index contributed by atoms with van der Waals surface area (Å²) in [7, 11) is 0. The first-order valence-corrected chi connectivity index (χ1v) is 11.3. The molecule has 8 nitrogen and oxygen atoms in total. The maximum Gasteiger partial charge on any atom is 0.191 e. The van der Waals surface area contributed by atoms with Gasteiger partial charge in [-0.15, -0.1) is 0 Å². The van der Waals surface area contributed by atoms with Gasteiger partial charge in [0.15, 0.2) is 5.96 Å². The molecule has 1 aromatic carbocycles. The Labute approximate surface area is 182 Å². The van der Waals surface area contributed by atoms with Crippen LogP contribution in [0.1, 0.15) is 43.7 Å². The number of nitrogens with zero attached hydrogens (tertiary/aromatic N) is 5. The number of nitroso groups, excluding NO2 is 1. The number of hydrogen-bond acceptors (Lipinski definition) is 5. The van der Waals surface area contributed by atoms with Gasteiger partial charge in [0.1, 0.15) is 0 Å². The van der Waals surface area contributed by atoms with Crippen molar-refractivity contribution in [3.63, 3.8) is 0 Å². The molecule has 164 valence electrons. The van der Waals surface area contributed by atoms with Crippen molar-refractivity contribution in [2.24, 2.45) is 21.8 Å². The first kappa shape index (κ1) is 20.2. The zero-order valence-corrected chi connectivity index (χ0v) is 17.8. The van der Waals surface area contributed by atoms with Crippen molar-refractivity contribution in [2.45, 2.75) is 50.2 Å². The van der Waals surface area contributed by atoms with Crippen LogP contribution in [0.5, 0.6) is 0 Å². The standard InChI is InChI=1S/C23H30N6O2/c24-23(26-17-7-11-31-12-8-17)28-9-5-16(6-10-28)20(27-30)13-21-18-3-1-2-4-19(18)22-14-25-15-29(21)22/h1-4,14-17,20-21H,5-13H2,(H2,24,26). The molecule has 0 aliphatic carbocycles. The Hall–Kier alpha value is -2.74. The van der Waals surface area contributed by atoms with E-state index >= 15 is 0 Å². The van der Waals surface area contributed by atoms with Crippen LogP contribution in [0.4, 0.5) is 0 Å². The molecule has 2 fully saturated rings. The third-order valence-electron chi connectivity index (χ3n) is 7.11. The van der Waals surface area contributed by atoms with Gasteiger partial charge in [-0.3, -0.25) is 0 Å². The summed E-state index contributed by atoms with van der Waals surface area (Å²) in [5.74, 6) is 0.901. The lowest BCUT2D eigenvalue weighted by atomic mass is 9.85. The highest BCUT2D eigenvalue weighted by molar-refractivity contribution is 5.78. The summed E-state index contributed by atoms with van der Waals surface area (Å²) in [4.78, 5) is 23.1. The summed E-state index contributed by atoms with van der Waals surface area (Å²) in [6.45, 7) is 3.18.